The SMILES string of the molecule is O=C(/C=C/c1ccco1)NCc1nnc2cc(-c3nc(C4CC4)no3)ccn12. The predicted octanol–water partition coefficient (Wildman–Crippen LogP) is 2.58. The number of hydrogen-bond donors (Lipinski definition) is 1. The van der Waals surface area contributed by atoms with Crippen LogP contribution in [0, 0.1) is 0 Å². The molecule has 4 aromatic heterocycles. The van der Waals surface area contributed by atoms with Gasteiger partial charge in [0.15, 0.2) is 17.3 Å². The van der Waals surface area contributed by atoms with Crippen LogP contribution in [0.4, 0.5) is 0 Å². The predicted molar refractivity (Wildman–Crippen MR) is 97.8 cm³/mol. The van der Waals surface area contributed by atoms with Gasteiger partial charge < -0.3 is 14.3 Å². The van der Waals surface area contributed by atoms with Crippen molar-refractivity contribution in [1.29, 1.82) is 0 Å². The number of pyridine rings is 1. The van der Waals surface area contributed by atoms with E-state index in [9.17, 15) is 4.79 Å². The van der Waals surface area contributed by atoms with Gasteiger partial charge in [0.1, 0.15) is 5.76 Å². The van der Waals surface area contributed by atoms with Crippen molar-refractivity contribution in [2.24, 2.45) is 0 Å². The Hall–Kier alpha value is -3.75. The number of nitrogens with zero attached hydrogens (tertiary/aromatic N) is 5. The summed E-state index contributed by atoms with van der Waals surface area (Å²) >= 11 is 0. The first kappa shape index (κ1) is 16.4. The first-order valence-electron chi connectivity index (χ1n) is 8.93. The molecule has 4 heterocycles. The summed E-state index contributed by atoms with van der Waals surface area (Å²) in [4.78, 5) is 16.4. The van der Waals surface area contributed by atoms with Crippen LogP contribution in [0.15, 0.2) is 51.7 Å². The fraction of sp³-hybridized carbons (Fsp3) is 0.211. The monoisotopic (exact) mass is 376 g/mol. The molecule has 0 saturated heterocycles. The molecule has 0 spiro atoms. The highest BCUT2D eigenvalue weighted by atomic mass is 16.5. The fourth-order valence-corrected chi connectivity index (χ4v) is 2.82. The lowest BCUT2D eigenvalue weighted by atomic mass is 10.2. The summed E-state index contributed by atoms with van der Waals surface area (Å²) in [7, 11) is 0. The standard InChI is InChI=1S/C19H16N6O3/c26-17(6-5-14-2-1-9-27-14)20-11-16-23-22-15-10-13(7-8-25(15)16)19-21-18(24-28-19)12-3-4-12/h1-2,5-10,12H,3-4,11H2,(H,20,26)/b6-5+. The third kappa shape index (κ3) is 3.29. The summed E-state index contributed by atoms with van der Waals surface area (Å²) in [6.45, 7) is 0.244. The topological polar surface area (TPSA) is 111 Å². The molecule has 1 saturated carbocycles. The van der Waals surface area contributed by atoms with Crippen molar-refractivity contribution in [2.45, 2.75) is 25.3 Å². The van der Waals surface area contributed by atoms with Crippen molar-refractivity contribution in [3.8, 4) is 11.5 Å². The number of carbonyl (C=O) groups is 1. The molecule has 1 N–H and O–H groups in total. The third-order valence-electron chi connectivity index (χ3n) is 4.47. The Kier molecular flexibility index (Phi) is 3.97. The van der Waals surface area contributed by atoms with E-state index in [1.165, 1.54) is 6.08 Å². The molecule has 0 bridgehead atoms. The molecule has 4 aromatic rings. The van der Waals surface area contributed by atoms with Crippen molar-refractivity contribution in [3.05, 3.63) is 60.2 Å². The summed E-state index contributed by atoms with van der Waals surface area (Å²) in [5, 5.41) is 15.1. The molecule has 1 aliphatic rings. The van der Waals surface area contributed by atoms with E-state index in [1.54, 1.807) is 28.9 Å². The average Bonchev–Trinajstić information content (AvgIpc) is 3.14. The Morgan fingerprint density at radius 1 is 1.32 bits per heavy atom. The Bertz CT molecular complexity index is 1150. The molecule has 28 heavy (non-hydrogen) atoms. The van der Waals surface area contributed by atoms with E-state index >= 15 is 0 Å². The largest absolute Gasteiger partial charge is 0.465 e. The second kappa shape index (κ2) is 6.76. The van der Waals surface area contributed by atoms with Gasteiger partial charge >= 0.3 is 0 Å². The quantitative estimate of drug-likeness (QED) is 0.515. The maximum absolute atomic E-state index is 11.9. The molecule has 140 valence electrons. The maximum Gasteiger partial charge on any atom is 0.258 e. The van der Waals surface area contributed by atoms with E-state index in [-0.39, 0.29) is 12.5 Å². The Morgan fingerprint density at radius 2 is 2.25 bits per heavy atom. The molecule has 1 amide bonds. The number of carbonyl (C=O) groups excluding carboxylic acids is 1. The molecular formula is C19H16N6O3. The molecule has 0 radical (unpaired) electrons. The number of amides is 1. The third-order valence-corrected chi connectivity index (χ3v) is 4.47. The number of fused-ring (bicyclic) bond motifs is 1. The highest BCUT2D eigenvalue weighted by Crippen LogP contribution is 2.38. The zero-order valence-electron chi connectivity index (χ0n) is 14.8. The Morgan fingerprint density at radius 3 is 3.07 bits per heavy atom. The highest BCUT2D eigenvalue weighted by Gasteiger charge is 2.29. The van der Waals surface area contributed by atoms with Gasteiger partial charge in [0, 0.05) is 23.8 Å². The number of nitrogens with one attached hydrogen (secondary N) is 1. The maximum atomic E-state index is 11.9. The van der Waals surface area contributed by atoms with Gasteiger partial charge in [-0.1, -0.05) is 5.16 Å². The Balaban J connectivity index is 1.28. The van der Waals surface area contributed by atoms with Gasteiger partial charge in [0.2, 0.25) is 5.91 Å². The van der Waals surface area contributed by atoms with E-state index in [0.717, 1.165) is 24.2 Å². The number of furan rings is 1. The lowest BCUT2D eigenvalue weighted by Crippen LogP contribution is -2.21. The van der Waals surface area contributed by atoms with Crippen LogP contribution in [0.3, 0.4) is 0 Å². The number of hydrogen-bond acceptors (Lipinski definition) is 7. The molecule has 0 atom stereocenters. The minimum Gasteiger partial charge on any atom is -0.465 e. The Labute approximate surface area is 159 Å². The number of rotatable bonds is 6. The van der Waals surface area contributed by atoms with Crippen molar-refractivity contribution < 1.29 is 13.7 Å². The van der Waals surface area contributed by atoms with E-state index in [4.69, 9.17) is 8.94 Å². The van der Waals surface area contributed by atoms with Gasteiger partial charge in [-0.05, 0) is 43.2 Å². The molecular weight excluding hydrogens is 360 g/mol. The second-order valence-electron chi connectivity index (χ2n) is 6.56. The van der Waals surface area contributed by atoms with Crippen LogP contribution in [0.1, 0.15) is 36.2 Å². The zero-order chi connectivity index (χ0) is 18.9. The smallest absolute Gasteiger partial charge is 0.258 e. The summed E-state index contributed by atoms with van der Waals surface area (Å²) in [5.74, 6) is 2.66. The normalized spacial score (nSPS) is 14.1. The summed E-state index contributed by atoms with van der Waals surface area (Å²) < 4.78 is 12.3. The lowest BCUT2D eigenvalue weighted by molar-refractivity contribution is -0.116. The van der Waals surface area contributed by atoms with E-state index in [1.807, 2.05) is 18.3 Å². The van der Waals surface area contributed by atoms with Crippen LogP contribution in [-0.2, 0) is 11.3 Å². The summed E-state index contributed by atoms with van der Waals surface area (Å²) in [6.07, 6.45) is 8.63. The van der Waals surface area contributed by atoms with Crippen LogP contribution in [0.5, 0.6) is 0 Å². The minimum atomic E-state index is -0.247. The van der Waals surface area contributed by atoms with Crippen LogP contribution >= 0.6 is 0 Å². The van der Waals surface area contributed by atoms with Gasteiger partial charge in [-0.3, -0.25) is 9.20 Å². The van der Waals surface area contributed by atoms with Crippen molar-refractivity contribution in [1.82, 2.24) is 30.1 Å². The summed E-state index contributed by atoms with van der Waals surface area (Å²) in [5.41, 5.74) is 1.43. The van der Waals surface area contributed by atoms with Gasteiger partial charge in [0.25, 0.3) is 5.89 Å². The van der Waals surface area contributed by atoms with Crippen LogP contribution in [-0.4, -0.2) is 30.6 Å². The van der Waals surface area contributed by atoms with Crippen LogP contribution in [0.2, 0.25) is 0 Å². The van der Waals surface area contributed by atoms with Crippen molar-refractivity contribution in [2.75, 3.05) is 0 Å². The van der Waals surface area contributed by atoms with Crippen molar-refractivity contribution in [3.63, 3.8) is 0 Å². The molecule has 1 fully saturated rings. The highest BCUT2D eigenvalue weighted by molar-refractivity contribution is 5.91. The minimum absolute atomic E-state index is 0.244. The molecule has 0 unspecified atom stereocenters. The molecule has 0 aliphatic heterocycles. The van der Waals surface area contributed by atoms with Gasteiger partial charge in [-0.25, -0.2) is 0 Å². The fourth-order valence-electron chi connectivity index (χ4n) is 2.82. The molecule has 5 rings (SSSR count). The van der Waals surface area contributed by atoms with E-state index in [0.29, 0.717) is 29.0 Å². The summed E-state index contributed by atoms with van der Waals surface area (Å²) in [6, 6.07) is 7.22. The van der Waals surface area contributed by atoms with Gasteiger partial charge in [0.05, 0.1) is 12.8 Å². The van der Waals surface area contributed by atoms with Gasteiger partial charge in [-0.15, -0.1) is 10.2 Å². The zero-order valence-corrected chi connectivity index (χ0v) is 14.8. The average molecular weight is 376 g/mol. The lowest BCUT2D eigenvalue weighted by Gasteiger charge is -2.02. The van der Waals surface area contributed by atoms with E-state index < -0.39 is 0 Å². The van der Waals surface area contributed by atoms with Crippen LogP contribution in [0.25, 0.3) is 23.2 Å². The molecule has 1 aliphatic carbocycles. The molecule has 9 nitrogen and oxygen atoms in total. The van der Waals surface area contributed by atoms with Crippen LogP contribution < -0.4 is 5.32 Å². The van der Waals surface area contributed by atoms with Gasteiger partial charge in [-0.2, -0.15) is 4.98 Å². The van der Waals surface area contributed by atoms with Crippen molar-refractivity contribution >= 4 is 17.6 Å². The van der Waals surface area contributed by atoms with E-state index in [2.05, 4.69) is 25.7 Å². The number of aromatic nitrogens is 5. The first-order valence-corrected chi connectivity index (χ1v) is 8.93. The molecule has 9 heteroatoms. The molecule has 0 aromatic carbocycles. The second-order valence-corrected chi connectivity index (χ2v) is 6.56. The first-order chi connectivity index (χ1) is 13.8.